The van der Waals surface area contributed by atoms with Crippen molar-refractivity contribution in [3.8, 4) is 11.8 Å². The lowest BCUT2D eigenvalue weighted by Gasteiger charge is -1.98. The monoisotopic (exact) mass is 201 g/mol. The van der Waals surface area contributed by atoms with E-state index in [1.54, 1.807) is 13.0 Å². The predicted octanol–water partition coefficient (Wildman–Crippen LogP) is 1.85. The van der Waals surface area contributed by atoms with Gasteiger partial charge in [0.25, 0.3) is 0 Å². The van der Waals surface area contributed by atoms with Crippen molar-refractivity contribution in [1.29, 1.82) is 0 Å². The van der Waals surface area contributed by atoms with Gasteiger partial charge in [0, 0.05) is 17.7 Å². The zero-order chi connectivity index (χ0) is 10.8. The Morgan fingerprint density at radius 3 is 2.87 bits per heavy atom. The van der Waals surface area contributed by atoms with Gasteiger partial charge >= 0.3 is 5.97 Å². The van der Waals surface area contributed by atoms with Gasteiger partial charge in [-0.05, 0) is 31.4 Å². The summed E-state index contributed by atoms with van der Waals surface area (Å²) in [6, 6.07) is 1.77. The van der Waals surface area contributed by atoms with Gasteiger partial charge in [0.15, 0.2) is 5.69 Å². The van der Waals surface area contributed by atoms with Crippen LogP contribution in [0.4, 0.5) is 0 Å². The summed E-state index contributed by atoms with van der Waals surface area (Å²) in [7, 11) is 0. The Bertz CT molecular complexity index is 464. The van der Waals surface area contributed by atoms with Crippen LogP contribution >= 0.6 is 0 Å². The molecule has 0 radical (unpaired) electrons. The van der Waals surface area contributed by atoms with E-state index in [-0.39, 0.29) is 5.69 Å². The molecule has 3 nitrogen and oxygen atoms in total. The highest BCUT2D eigenvalue weighted by Crippen LogP contribution is 2.27. The SMILES string of the molecule is Cc1cc(C#CC2CC2)cnc1C(=O)O. The second kappa shape index (κ2) is 3.74. The number of aromatic carboxylic acids is 1. The van der Waals surface area contributed by atoms with E-state index in [2.05, 4.69) is 16.8 Å². The van der Waals surface area contributed by atoms with Gasteiger partial charge in [-0.3, -0.25) is 0 Å². The van der Waals surface area contributed by atoms with Crippen LogP contribution in [-0.2, 0) is 0 Å². The molecule has 3 heteroatoms. The molecule has 1 aliphatic carbocycles. The van der Waals surface area contributed by atoms with E-state index < -0.39 is 5.97 Å². The molecule has 0 spiro atoms. The van der Waals surface area contributed by atoms with Crippen LogP contribution in [0.2, 0.25) is 0 Å². The van der Waals surface area contributed by atoms with Crippen molar-refractivity contribution < 1.29 is 9.90 Å². The quantitative estimate of drug-likeness (QED) is 0.705. The zero-order valence-corrected chi connectivity index (χ0v) is 8.45. The topological polar surface area (TPSA) is 50.2 Å². The van der Waals surface area contributed by atoms with Gasteiger partial charge in [0.2, 0.25) is 0 Å². The minimum atomic E-state index is -0.991. The molecule has 0 aromatic carbocycles. The lowest BCUT2D eigenvalue weighted by Crippen LogP contribution is -2.03. The summed E-state index contributed by atoms with van der Waals surface area (Å²) in [5.74, 6) is 5.67. The molecule has 0 saturated heterocycles. The van der Waals surface area contributed by atoms with Gasteiger partial charge in [-0.15, -0.1) is 0 Å². The number of hydrogen-bond donors (Lipinski definition) is 1. The Labute approximate surface area is 88.2 Å². The number of carboxylic acids is 1. The van der Waals surface area contributed by atoms with Gasteiger partial charge in [-0.25, -0.2) is 9.78 Å². The molecular formula is C12H11NO2. The van der Waals surface area contributed by atoms with E-state index in [0.29, 0.717) is 11.5 Å². The molecule has 1 fully saturated rings. The Morgan fingerprint density at radius 1 is 1.60 bits per heavy atom. The summed E-state index contributed by atoms with van der Waals surface area (Å²) in [6.07, 6.45) is 3.89. The van der Waals surface area contributed by atoms with Gasteiger partial charge in [0.1, 0.15) is 0 Å². The third-order valence-electron chi connectivity index (χ3n) is 2.28. The largest absolute Gasteiger partial charge is 0.477 e. The summed E-state index contributed by atoms with van der Waals surface area (Å²) < 4.78 is 0. The summed E-state index contributed by atoms with van der Waals surface area (Å²) in [5.41, 5.74) is 1.56. The third-order valence-corrected chi connectivity index (χ3v) is 2.28. The third kappa shape index (κ3) is 2.35. The Morgan fingerprint density at radius 2 is 2.33 bits per heavy atom. The van der Waals surface area contributed by atoms with E-state index in [4.69, 9.17) is 5.11 Å². The molecule has 1 aromatic rings. The van der Waals surface area contributed by atoms with Crippen molar-refractivity contribution in [2.75, 3.05) is 0 Å². The van der Waals surface area contributed by atoms with Crippen molar-refractivity contribution in [2.45, 2.75) is 19.8 Å². The number of hydrogen-bond acceptors (Lipinski definition) is 2. The molecule has 2 rings (SSSR count). The molecule has 0 bridgehead atoms. The molecule has 1 aliphatic rings. The van der Waals surface area contributed by atoms with Gasteiger partial charge in [-0.1, -0.05) is 11.8 Å². The van der Waals surface area contributed by atoms with Crippen LogP contribution in [0.5, 0.6) is 0 Å². The Hall–Kier alpha value is -1.82. The van der Waals surface area contributed by atoms with Gasteiger partial charge in [0.05, 0.1) is 0 Å². The fourth-order valence-electron chi connectivity index (χ4n) is 1.28. The summed E-state index contributed by atoms with van der Waals surface area (Å²) in [4.78, 5) is 14.6. The first-order valence-electron chi connectivity index (χ1n) is 4.88. The number of nitrogens with zero attached hydrogens (tertiary/aromatic N) is 1. The van der Waals surface area contributed by atoms with Crippen molar-refractivity contribution in [1.82, 2.24) is 4.98 Å². The molecule has 15 heavy (non-hydrogen) atoms. The van der Waals surface area contributed by atoms with Crippen molar-refractivity contribution >= 4 is 5.97 Å². The average molecular weight is 201 g/mol. The molecule has 1 saturated carbocycles. The molecule has 0 aliphatic heterocycles. The van der Waals surface area contributed by atoms with Crippen molar-refractivity contribution in [3.05, 3.63) is 29.1 Å². The highest BCUT2D eigenvalue weighted by atomic mass is 16.4. The van der Waals surface area contributed by atoms with E-state index in [0.717, 1.165) is 5.56 Å². The second-order valence-corrected chi connectivity index (χ2v) is 3.74. The molecule has 1 aromatic heterocycles. The molecule has 0 atom stereocenters. The minimum Gasteiger partial charge on any atom is -0.477 e. The Kier molecular flexibility index (Phi) is 2.42. The lowest BCUT2D eigenvalue weighted by atomic mass is 10.1. The zero-order valence-electron chi connectivity index (χ0n) is 8.45. The van der Waals surface area contributed by atoms with Crippen LogP contribution in [0.25, 0.3) is 0 Å². The highest BCUT2D eigenvalue weighted by Gasteiger charge is 2.17. The van der Waals surface area contributed by atoms with Crippen LogP contribution < -0.4 is 0 Å². The summed E-state index contributed by atoms with van der Waals surface area (Å²) in [6.45, 7) is 1.73. The molecule has 1 heterocycles. The molecular weight excluding hydrogens is 190 g/mol. The number of carboxylic acid groups (broad SMARTS) is 1. The summed E-state index contributed by atoms with van der Waals surface area (Å²) in [5, 5.41) is 8.79. The normalized spacial score (nSPS) is 14.2. The molecule has 76 valence electrons. The van der Waals surface area contributed by atoms with Crippen LogP contribution in [0, 0.1) is 24.7 Å². The molecule has 0 unspecified atom stereocenters. The van der Waals surface area contributed by atoms with Gasteiger partial charge < -0.3 is 5.11 Å². The average Bonchev–Trinajstić information content (AvgIpc) is 2.97. The maximum Gasteiger partial charge on any atom is 0.354 e. The molecule has 1 N–H and O–H groups in total. The number of aromatic nitrogens is 1. The predicted molar refractivity (Wildman–Crippen MR) is 55.5 cm³/mol. The van der Waals surface area contributed by atoms with Crippen molar-refractivity contribution in [2.24, 2.45) is 5.92 Å². The maximum atomic E-state index is 10.7. The van der Waals surface area contributed by atoms with Crippen molar-refractivity contribution in [3.63, 3.8) is 0 Å². The van der Waals surface area contributed by atoms with Crippen LogP contribution in [0.3, 0.4) is 0 Å². The standard InChI is InChI=1S/C12H11NO2/c1-8-6-10(5-4-9-2-3-9)7-13-11(8)12(14)15/h6-7,9H,2-3H2,1H3,(H,14,15). The maximum absolute atomic E-state index is 10.7. The highest BCUT2D eigenvalue weighted by molar-refractivity contribution is 5.87. The number of rotatable bonds is 1. The van der Waals surface area contributed by atoms with Crippen LogP contribution in [0.1, 0.15) is 34.5 Å². The van der Waals surface area contributed by atoms with Gasteiger partial charge in [-0.2, -0.15) is 0 Å². The lowest BCUT2D eigenvalue weighted by molar-refractivity contribution is 0.0689. The van der Waals surface area contributed by atoms with E-state index in [1.807, 2.05) is 0 Å². The van der Waals surface area contributed by atoms with Crippen LogP contribution in [-0.4, -0.2) is 16.1 Å². The fraction of sp³-hybridized carbons (Fsp3) is 0.333. The summed E-state index contributed by atoms with van der Waals surface area (Å²) >= 11 is 0. The van der Waals surface area contributed by atoms with E-state index >= 15 is 0 Å². The van der Waals surface area contributed by atoms with Crippen LogP contribution in [0.15, 0.2) is 12.3 Å². The van der Waals surface area contributed by atoms with E-state index in [9.17, 15) is 4.79 Å². The molecule has 0 amide bonds. The fourth-order valence-corrected chi connectivity index (χ4v) is 1.28. The minimum absolute atomic E-state index is 0.104. The number of pyridine rings is 1. The number of aryl methyl sites for hydroxylation is 1. The number of carbonyl (C=O) groups is 1. The first-order chi connectivity index (χ1) is 7.16. The second-order valence-electron chi connectivity index (χ2n) is 3.74. The van der Waals surface area contributed by atoms with E-state index in [1.165, 1.54) is 19.0 Å². The first kappa shape index (κ1) is 9.72. The first-order valence-corrected chi connectivity index (χ1v) is 4.88. The Balaban J connectivity index is 2.25. The smallest absolute Gasteiger partial charge is 0.354 e.